The minimum absolute atomic E-state index is 0.137. The number of carbonyl (C=O) groups excluding carboxylic acids is 1. The van der Waals surface area contributed by atoms with Gasteiger partial charge in [-0.1, -0.05) is 19.4 Å². The maximum Gasteiger partial charge on any atom is 0.158 e. The van der Waals surface area contributed by atoms with E-state index in [1.54, 1.807) is 0 Å². The second-order valence-electron chi connectivity index (χ2n) is 8.46. The first-order valence-electron chi connectivity index (χ1n) is 8.83. The smallest absolute Gasteiger partial charge is 0.158 e. The first kappa shape index (κ1) is 16.2. The molecule has 3 heteroatoms. The number of aliphatic hydroxyl groups excluding tert-OH is 2. The van der Waals surface area contributed by atoms with E-state index in [-0.39, 0.29) is 17.4 Å². The second kappa shape index (κ2) is 5.45. The van der Waals surface area contributed by atoms with E-state index in [0.717, 1.165) is 44.1 Å². The highest BCUT2D eigenvalue weighted by molar-refractivity contribution is 5.96. The predicted molar refractivity (Wildman–Crippen MR) is 86.3 cm³/mol. The summed E-state index contributed by atoms with van der Waals surface area (Å²) in [6.45, 7) is 6.43. The maximum absolute atomic E-state index is 12.0. The van der Waals surface area contributed by atoms with Gasteiger partial charge < -0.3 is 10.2 Å². The van der Waals surface area contributed by atoms with E-state index in [0.29, 0.717) is 24.0 Å². The Morgan fingerprint density at radius 2 is 1.95 bits per heavy atom. The van der Waals surface area contributed by atoms with E-state index < -0.39 is 6.10 Å². The van der Waals surface area contributed by atoms with Crippen LogP contribution in [0.4, 0.5) is 0 Å². The van der Waals surface area contributed by atoms with Gasteiger partial charge in [-0.2, -0.15) is 0 Å². The van der Waals surface area contributed by atoms with Crippen molar-refractivity contribution in [2.45, 2.75) is 71.8 Å². The summed E-state index contributed by atoms with van der Waals surface area (Å²) in [5.41, 5.74) is 2.59. The van der Waals surface area contributed by atoms with E-state index in [1.807, 2.05) is 6.92 Å². The molecule has 2 saturated carbocycles. The summed E-state index contributed by atoms with van der Waals surface area (Å²) >= 11 is 0. The van der Waals surface area contributed by atoms with Crippen LogP contribution < -0.4 is 0 Å². The SMILES string of the molecule is CC1=C2CC[C@H]3C[C@@](C)([C@H](O)CO)CC[C@]3(C)[C@H]2CCC1=O. The molecule has 22 heavy (non-hydrogen) atoms. The highest BCUT2D eigenvalue weighted by Gasteiger charge is 2.53. The third-order valence-corrected chi connectivity index (χ3v) is 7.40. The summed E-state index contributed by atoms with van der Waals surface area (Å²) in [7, 11) is 0. The molecule has 0 saturated heterocycles. The van der Waals surface area contributed by atoms with Crippen LogP contribution in [0.2, 0.25) is 0 Å². The molecule has 2 N–H and O–H groups in total. The molecule has 0 aromatic heterocycles. The van der Waals surface area contributed by atoms with Gasteiger partial charge in [-0.05, 0) is 73.7 Å². The van der Waals surface area contributed by atoms with E-state index in [1.165, 1.54) is 5.57 Å². The molecule has 3 nitrogen and oxygen atoms in total. The van der Waals surface area contributed by atoms with Crippen molar-refractivity contribution in [3.05, 3.63) is 11.1 Å². The van der Waals surface area contributed by atoms with Crippen molar-refractivity contribution in [3.8, 4) is 0 Å². The fourth-order valence-corrected chi connectivity index (χ4v) is 5.57. The Balaban J connectivity index is 1.88. The van der Waals surface area contributed by atoms with Crippen molar-refractivity contribution in [2.24, 2.45) is 22.7 Å². The summed E-state index contributed by atoms with van der Waals surface area (Å²) in [4.78, 5) is 12.0. The van der Waals surface area contributed by atoms with Gasteiger partial charge >= 0.3 is 0 Å². The van der Waals surface area contributed by atoms with Crippen LogP contribution in [0.1, 0.15) is 65.7 Å². The van der Waals surface area contributed by atoms with Gasteiger partial charge in [0.05, 0.1) is 12.7 Å². The number of ketones is 1. The molecular weight excluding hydrogens is 276 g/mol. The van der Waals surface area contributed by atoms with Crippen LogP contribution in [-0.2, 0) is 4.79 Å². The van der Waals surface area contributed by atoms with Crippen molar-refractivity contribution in [1.82, 2.24) is 0 Å². The third kappa shape index (κ3) is 2.28. The Morgan fingerprint density at radius 3 is 2.64 bits per heavy atom. The van der Waals surface area contributed by atoms with E-state index in [9.17, 15) is 15.0 Å². The molecule has 3 aliphatic rings. The van der Waals surface area contributed by atoms with Gasteiger partial charge in [0.15, 0.2) is 5.78 Å². The largest absolute Gasteiger partial charge is 0.394 e. The molecule has 0 aliphatic heterocycles. The number of hydrogen-bond donors (Lipinski definition) is 2. The Kier molecular flexibility index (Phi) is 4.01. The van der Waals surface area contributed by atoms with Crippen molar-refractivity contribution in [3.63, 3.8) is 0 Å². The first-order chi connectivity index (χ1) is 10.3. The molecule has 0 unspecified atom stereocenters. The molecular formula is C19H30O3. The number of fused-ring (bicyclic) bond motifs is 3. The van der Waals surface area contributed by atoms with Crippen molar-refractivity contribution in [1.29, 1.82) is 0 Å². The van der Waals surface area contributed by atoms with Crippen LogP contribution in [0.3, 0.4) is 0 Å². The minimum atomic E-state index is -0.608. The molecule has 0 aromatic rings. The van der Waals surface area contributed by atoms with Gasteiger partial charge in [-0.25, -0.2) is 0 Å². The van der Waals surface area contributed by atoms with Crippen molar-refractivity contribution in [2.75, 3.05) is 6.61 Å². The van der Waals surface area contributed by atoms with Gasteiger partial charge in [-0.3, -0.25) is 4.79 Å². The van der Waals surface area contributed by atoms with Crippen LogP contribution in [-0.4, -0.2) is 28.7 Å². The minimum Gasteiger partial charge on any atom is -0.394 e. The van der Waals surface area contributed by atoms with Gasteiger partial charge in [0.1, 0.15) is 0 Å². The number of allylic oxidation sites excluding steroid dienone is 2. The van der Waals surface area contributed by atoms with Crippen LogP contribution in [0.5, 0.6) is 0 Å². The van der Waals surface area contributed by atoms with Gasteiger partial charge in [0, 0.05) is 6.42 Å². The molecule has 0 radical (unpaired) electrons. The summed E-state index contributed by atoms with van der Waals surface area (Å²) in [6, 6.07) is 0. The lowest BCUT2D eigenvalue weighted by Crippen LogP contribution is -2.51. The topological polar surface area (TPSA) is 57.5 Å². The van der Waals surface area contributed by atoms with Crippen molar-refractivity contribution < 1.29 is 15.0 Å². The second-order valence-corrected chi connectivity index (χ2v) is 8.46. The fraction of sp³-hybridized carbons (Fsp3) is 0.842. The number of hydrogen-bond acceptors (Lipinski definition) is 3. The van der Waals surface area contributed by atoms with Crippen LogP contribution >= 0.6 is 0 Å². The summed E-state index contributed by atoms with van der Waals surface area (Å²) in [6.07, 6.45) is 6.36. The number of aliphatic hydroxyl groups is 2. The highest BCUT2D eigenvalue weighted by atomic mass is 16.3. The average molecular weight is 306 g/mol. The Morgan fingerprint density at radius 1 is 1.23 bits per heavy atom. The molecule has 0 bridgehead atoms. The molecule has 3 rings (SSSR count). The lowest BCUT2D eigenvalue weighted by atomic mass is 9.47. The zero-order chi connectivity index (χ0) is 16.1. The fourth-order valence-electron chi connectivity index (χ4n) is 5.57. The standard InChI is InChI=1S/C19H30O3/c1-12-14-5-4-13-10-18(2,17(22)11-20)8-9-19(13,3)15(14)6-7-16(12)21/h13,15,17,20,22H,4-11H2,1-3H3/t13-,15-,17+,18-,19-/m0/s1. The normalized spacial score (nSPS) is 43.6. The Hall–Kier alpha value is -0.670. The first-order valence-corrected chi connectivity index (χ1v) is 8.83. The molecule has 124 valence electrons. The molecule has 0 spiro atoms. The van der Waals surface area contributed by atoms with Gasteiger partial charge in [-0.15, -0.1) is 0 Å². The zero-order valence-corrected chi connectivity index (χ0v) is 14.2. The summed E-state index contributed by atoms with van der Waals surface area (Å²) in [5, 5.41) is 19.6. The predicted octanol–water partition coefficient (Wildman–Crippen LogP) is 3.24. The zero-order valence-electron chi connectivity index (χ0n) is 14.2. The average Bonchev–Trinajstić information content (AvgIpc) is 2.50. The Labute approximate surface area is 133 Å². The molecule has 0 aromatic carbocycles. The number of carbonyl (C=O) groups is 1. The van der Waals surface area contributed by atoms with E-state index in [2.05, 4.69) is 13.8 Å². The molecule has 5 atom stereocenters. The molecule has 3 aliphatic carbocycles. The third-order valence-electron chi connectivity index (χ3n) is 7.40. The van der Waals surface area contributed by atoms with Gasteiger partial charge in [0.2, 0.25) is 0 Å². The van der Waals surface area contributed by atoms with Crippen LogP contribution in [0.25, 0.3) is 0 Å². The van der Waals surface area contributed by atoms with Crippen LogP contribution in [0.15, 0.2) is 11.1 Å². The number of Topliss-reactive ketones (excluding diaryl/α,β-unsaturated/α-hetero) is 1. The summed E-state index contributed by atoms with van der Waals surface area (Å²) < 4.78 is 0. The molecule has 2 fully saturated rings. The lowest BCUT2D eigenvalue weighted by Gasteiger charge is -2.57. The number of rotatable bonds is 2. The molecule has 0 amide bonds. The quantitative estimate of drug-likeness (QED) is 0.823. The van der Waals surface area contributed by atoms with E-state index >= 15 is 0 Å². The highest BCUT2D eigenvalue weighted by Crippen LogP contribution is 2.61. The monoisotopic (exact) mass is 306 g/mol. The summed E-state index contributed by atoms with van der Waals surface area (Å²) in [5.74, 6) is 1.51. The van der Waals surface area contributed by atoms with Crippen molar-refractivity contribution >= 4 is 5.78 Å². The van der Waals surface area contributed by atoms with Crippen LogP contribution in [0, 0.1) is 22.7 Å². The maximum atomic E-state index is 12.0. The van der Waals surface area contributed by atoms with Gasteiger partial charge in [0.25, 0.3) is 0 Å². The Bertz CT molecular complexity index is 509. The molecule has 0 heterocycles. The lowest BCUT2D eigenvalue weighted by molar-refractivity contribution is -0.119. The van der Waals surface area contributed by atoms with E-state index in [4.69, 9.17) is 0 Å².